The van der Waals surface area contributed by atoms with Crippen LogP contribution in [0.25, 0.3) is 10.2 Å². The van der Waals surface area contributed by atoms with Gasteiger partial charge < -0.3 is 9.64 Å². The van der Waals surface area contributed by atoms with Crippen LogP contribution in [0.2, 0.25) is 0 Å². The molecule has 0 saturated carbocycles. The zero-order chi connectivity index (χ0) is 23.4. The van der Waals surface area contributed by atoms with E-state index in [1.165, 1.54) is 32.5 Å². The van der Waals surface area contributed by atoms with Crippen molar-refractivity contribution in [1.29, 1.82) is 0 Å². The number of amides is 2. The average Bonchev–Trinajstić information content (AvgIpc) is 3.52. The summed E-state index contributed by atoms with van der Waals surface area (Å²) in [5.41, 5.74) is 1.43. The second-order valence-electron chi connectivity index (χ2n) is 7.04. The number of aromatic nitrogens is 1. The van der Waals surface area contributed by atoms with Crippen LogP contribution in [0.3, 0.4) is 0 Å². The number of thiazole rings is 1. The molecule has 4 rings (SSSR count). The van der Waals surface area contributed by atoms with Crippen molar-refractivity contribution in [2.24, 2.45) is 0 Å². The molecule has 0 fully saturated rings. The second-order valence-corrected chi connectivity index (χ2v) is 8.99. The van der Waals surface area contributed by atoms with E-state index in [-0.39, 0.29) is 17.4 Å². The summed E-state index contributed by atoms with van der Waals surface area (Å²) in [5, 5.41) is 2.37. The Morgan fingerprint density at radius 1 is 1.00 bits per heavy atom. The summed E-state index contributed by atoms with van der Waals surface area (Å²) in [6, 6.07) is 17.8. The van der Waals surface area contributed by atoms with Gasteiger partial charge in [-0.05, 0) is 42.6 Å². The van der Waals surface area contributed by atoms with Crippen LogP contribution < -0.4 is 9.80 Å². The summed E-state index contributed by atoms with van der Waals surface area (Å²) in [6.45, 7) is 1.80. The van der Waals surface area contributed by atoms with Crippen molar-refractivity contribution >= 4 is 61.5 Å². The number of hydrogen-bond donors (Lipinski definition) is 0. The summed E-state index contributed by atoms with van der Waals surface area (Å²) in [5.74, 6) is -1.27. The van der Waals surface area contributed by atoms with Crippen LogP contribution in [-0.2, 0) is 9.53 Å². The van der Waals surface area contributed by atoms with E-state index in [9.17, 15) is 14.4 Å². The Bertz CT molecular complexity index is 1270. The number of thiophene rings is 1. The molecule has 0 aliphatic rings. The molecule has 33 heavy (non-hydrogen) atoms. The van der Waals surface area contributed by atoms with Gasteiger partial charge in [-0.15, -0.1) is 11.3 Å². The number of likely N-dealkylation sites (N-methyl/N-ethyl adjacent to an activating group) is 1. The van der Waals surface area contributed by atoms with E-state index in [4.69, 9.17) is 4.74 Å². The van der Waals surface area contributed by atoms with Crippen molar-refractivity contribution in [3.05, 3.63) is 76.5 Å². The predicted molar refractivity (Wildman–Crippen MR) is 131 cm³/mol. The topological polar surface area (TPSA) is 79.8 Å². The maximum absolute atomic E-state index is 12.8. The molecule has 0 aliphatic heterocycles. The predicted octanol–water partition coefficient (Wildman–Crippen LogP) is 4.84. The molecule has 2 amide bonds. The van der Waals surface area contributed by atoms with Crippen LogP contribution in [0.4, 0.5) is 10.8 Å². The first-order chi connectivity index (χ1) is 16.0. The van der Waals surface area contributed by atoms with E-state index >= 15 is 0 Å². The number of nitrogens with zero attached hydrogens (tertiary/aromatic N) is 3. The molecular formula is C24H21N3O4S2. The number of esters is 1. The first kappa shape index (κ1) is 22.6. The second kappa shape index (κ2) is 9.93. The Balaban J connectivity index is 1.47. The van der Waals surface area contributed by atoms with Gasteiger partial charge in [0.2, 0.25) is 0 Å². The van der Waals surface area contributed by atoms with Crippen molar-refractivity contribution in [3.8, 4) is 0 Å². The van der Waals surface area contributed by atoms with Gasteiger partial charge in [0.25, 0.3) is 11.8 Å². The monoisotopic (exact) mass is 479 g/mol. The molecule has 2 aromatic heterocycles. The first-order valence-corrected chi connectivity index (χ1v) is 11.9. The third-order valence-corrected chi connectivity index (χ3v) is 6.90. The van der Waals surface area contributed by atoms with Gasteiger partial charge in [0.05, 0.1) is 26.3 Å². The van der Waals surface area contributed by atoms with Gasteiger partial charge in [-0.3, -0.25) is 14.5 Å². The van der Waals surface area contributed by atoms with Gasteiger partial charge in [-0.2, -0.15) is 0 Å². The average molecular weight is 480 g/mol. The Kier molecular flexibility index (Phi) is 6.81. The first-order valence-electron chi connectivity index (χ1n) is 10.2. The highest BCUT2D eigenvalue weighted by Gasteiger charge is 2.23. The molecule has 0 N–H and O–H groups in total. The zero-order valence-corrected chi connectivity index (χ0v) is 19.7. The molecule has 7 nitrogen and oxygen atoms in total. The van der Waals surface area contributed by atoms with Crippen LogP contribution in [0, 0.1) is 0 Å². The van der Waals surface area contributed by atoms with E-state index in [0.29, 0.717) is 22.2 Å². The molecule has 4 aromatic rings. The molecule has 168 valence electrons. The van der Waals surface area contributed by atoms with Crippen LogP contribution in [0.5, 0.6) is 0 Å². The quantitative estimate of drug-likeness (QED) is 0.354. The largest absolute Gasteiger partial charge is 0.452 e. The lowest BCUT2D eigenvalue weighted by molar-refractivity contribution is -0.121. The van der Waals surface area contributed by atoms with Gasteiger partial charge in [0.15, 0.2) is 11.7 Å². The van der Waals surface area contributed by atoms with Crippen molar-refractivity contribution in [1.82, 2.24) is 4.98 Å². The molecule has 0 saturated heterocycles. The molecule has 0 aliphatic carbocycles. The molecule has 0 spiro atoms. The maximum Gasteiger partial charge on any atom is 0.340 e. The van der Waals surface area contributed by atoms with E-state index in [1.54, 1.807) is 43.4 Å². The van der Waals surface area contributed by atoms with E-state index in [0.717, 1.165) is 10.2 Å². The zero-order valence-electron chi connectivity index (χ0n) is 18.1. The van der Waals surface area contributed by atoms with Gasteiger partial charge in [-0.1, -0.05) is 41.7 Å². The summed E-state index contributed by atoms with van der Waals surface area (Å²) < 4.78 is 6.32. The number of hydrogen-bond acceptors (Lipinski definition) is 7. The molecule has 0 radical (unpaired) electrons. The SMILES string of the molecule is CCN(C(=O)COC(=O)c1ccccc1N(C)C(=O)c1cccs1)c1nc2ccccc2s1. The Morgan fingerprint density at radius 3 is 2.48 bits per heavy atom. The van der Waals surface area contributed by atoms with Gasteiger partial charge in [-0.25, -0.2) is 9.78 Å². The highest BCUT2D eigenvalue weighted by molar-refractivity contribution is 7.22. The van der Waals surface area contributed by atoms with Gasteiger partial charge >= 0.3 is 5.97 Å². The van der Waals surface area contributed by atoms with Crippen molar-refractivity contribution in [3.63, 3.8) is 0 Å². The molecule has 2 aromatic carbocycles. The summed E-state index contributed by atoms with van der Waals surface area (Å²) >= 11 is 2.73. The standard InChI is InChI=1S/C24H21N3O4S2/c1-3-27(24-25-17-10-5-7-12-19(17)33-24)21(28)15-31-23(30)16-9-4-6-11-18(16)26(2)22(29)20-13-8-14-32-20/h4-14H,3,15H2,1-2H3. The smallest absolute Gasteiger partial charge is 0.340 e. The molecule has 0 unspecified atom stereocenters. The fraction of sp³-hybridized carbons (Fsp3) is 0.167. The van der Waals surface area contributed by atoms with Crippen LogP contribution in [0.1, 0.15) is 27.0 Å². The number of fused-ring (bicyclic) bond motifs is 1. The number of ether oxygens (including phenoxy) is 1. The lowest BCUT2D eigenvalue weighted by Gasteiger charge is -2.20. The minimum absolute atomic E-state index is 0.209. The Hall–Kier alpha value is -3.56. The van der Waals surface area contributed by atoms with E-state index in [2.05, 4.69) is 4.98 Å². The lowest BCUT2D eigenvalue weighted by atomic mass is 10.1. The fourth-order valence-corrected chi connectivity index (χ4v) is 5.04. The van der Waals surface area contributed by atoms with E-state index in [1.807, 2.05) is 36.6 Å². The summed E-state index contributed by atoms with van der Waals surface area (Å²) in [6.07, 6.45) is 0. The highest BCUT2D eigenvalue weighted by atomic mass is 32.1. The molecule has 0 bridgehead atoms. The number of anilines is 2. The summed E-state index contributed by atoms with van der Waals surface area (Å²) in [4.78, 5) is 46.4. The molecule has 0 atom stereocenters. The van der Waals surface area contributed by atoms with E-state index < -0.39 is 12.6 Å². The van der Waals surface area contributed by atoms with Crippen LogP contribution in [0.15, 0.2) is 66.0 Å². The number of rotatable bonds is 7. The highest BCUT2D eigenvalue weighted by Crippen LogP contribution is 2.29. The third-order valence-electron chi connectivity index (χ3n) is 4.98. The van der Waals surface area contributed by atoms with Gasteiger partial charge in [0, 0.05) is 13.6 Å². The number of benzene rings is 2. The van der Waals surface area contributed by atoms with Crippen molar-refractivity contribution in [2.45, 2.75) is 6.92 Å². The fourth-order valence-electron chi connectivity index (χ4n) is 3.29. The number of para-hydroxylation sites is 2. The Morgan fingerprint density at radius 2 is 1.76 bits per heavy atom. The minimum Gasteiger partial charge on any atom is -0.452 e. The van der Waals surface area contributed by atoms with Crippen molar-refractivity contribution in [2.75, 3.05) is 30.0 Å². The number of carbonyl (C=O) groups is 3. The Labute approximate surface area is 198 Å². The third kappa shape index (κ3) is 4.79. The molecular weight excluding hydrogens is 458 g/mol. The maximum atomic E-state index is 12.8. The number of carbonyl (C=O) groups excluding carboxylic acids is 3. The van der Waals surface area contributed by atoms with Gasteiger partial charge in [0.1, 0.15) is 0 Å². The van der Waals surface area contributed by atoms with Crippen LogP contribution >= 0.6 is 22.7 Å². The summed E-state index contributed by atoms with van der Waals surface area (Å²) in [7, 11) is 1.60. The molecule has 2 heterocycles. The van der Waals surface area contributed by atoms with Crippen LogP contribution in [-0.4, -0.2) is 43.0 Å². The normalized spacial score (nSPS) is 10.7. The minimum atomic E-state index is -0.676. The van der Waals surface area contributed by atoms with Crippen molar-refractivity contribution < 1.29 is 19.1 Å². The molecule has 9 heteroatoms. The lowest BCUT2D eigenvalue weighted by Crippen LogP contribution is -2.34.